The van der Waals surface area contributed by atoms with Crippen LogP contribution in [0.1, 0.15) is 0 Å². The molecule has 0 saturated carbocycles. The van der Waals surface area contributed by atoms with E-state index in [0.29, 0.717) is 26.2 Å². The summed E-state index contributed by atoms with van der Waals surface area (Å²) in [4.78, 5) is 23.3. The molecule has 1 aliphatic rings. The number of nitrogens with one attached hydrogen (secondary N) is 1. The van der Waals surface area contributed by atoms with Crippen LogP contribution in [-0.4, -0.2) is 49.1 Å². The van der Waals surface area contributed by atoms with E-state index < -0.39 is 23.8 Å². The molecule has 0 aliphatic carbocycles. The number of rotatable bonds is 2. The average molecular weight is 252 g/mol. The molecule has 96 valence electrons. The summed E-state index contributed by atoms with van der Waals surface area (Å²) in [5, 5.41) is 2.96. The number of carbonyl (C=O) groups is 2. The second kappa shape index (κ2) is 5.17. The normalized spacial score (nSPS) is 16.5. The zero-order chi connectivity index (χ0) is 13.1. The lowest BCUT2D eigenvalue weighted by atomic mass is 10.3. The highest BCUT2D eigenvalue weighted by atomic mass is 19.4. The maximum atomic E-state index is 11.9. The first-order valence-corrected chi connectivity index (χ1v) is 4.80. The van der Waals surface area contributed by atoms with Gasteiger partial charge in [-0.25, -0.2) is 4.79 Å². The van der Waals surface area contributed by atoms with Crippen LogP contribution in [0.5, 0.6) is 0 Å². The highest BCUT2D eigenvalue weighted by Gasteiger charge is 2.42. The summed E-state index contributed by atoms with van der Waals surface area (Å²) < 4.78 is 39.5. The fourth-order valence-electron chi connectivity index (χ4n) is 1.26. The Morgan fingerprint density at radius 1 is 1.24 bits per heavy atom. The minimum absolute atomic E-state index is 0.335. The number of carbonyl (C=O) groups excluding carboxylic acids is 2. The van der Waals surface area contributed by atoms with Gasteiger partial charge in [-0.05, 0) is 0 Å². The lowest BCUT2D eigenvalue weighted by Crippen LogP contribution is -2.47. The van der Waals surface area contributed by atoms with Crippen molar-refractivity contribution in [1.82, 2.24) is 10.2 Å². The fourth-order valence-corrected chi connectivity index (χ4v) is 1.26. The number of halogens is 3. The minimum atomic E-state index is -5.13. The molecule has 1 saturated heterocycles. The van der Waals surface area contributed by atoms with Gasteiger partial charge in [0.25, 0.3) is 5.91 Å². The Morgan fingerprint density at radius 2 is 1.76 bits per heavy atom. The van der Waals surface area contributed by atoms with E-state index in [1.165, 1.54) is 4.90 Å². The van der Waals surface area contributed by atoms with E-state index in [4.69, 9.17) is 0 Å². The molecule has 8 heteroatoms. The quantitative estimate of drug-likeness (QED) is 0.428. The highest BCUT2D eigenvalue weighted by molar-refractivity contribution is 5.94. The van der Waals surface area contributed by atoms with Crippen molar-refractivity contribution in [2.45, 2.75) is 6.18 Å². The average Bonchev–Trinajstić information content (AvgIpc) is 2.27. The standard InChI is InChI=1S/C9H11F3N2O3/c1-6(17-8(16)9(10,11)12)7(15)14-4-2-13-3-5-14/h13H,1-5H2. The molecular formula is C9H11F3N2O3. The summed E-state index contributed by atoms with van der Waals surface area (Å²) in [7, 11) is 0. The van der Waals surface area contributed by atoms with Crippen molar-refractivity contribution in [3.63, 3.8) is 0 Å². The van der Waals surface area contributed by atoms with Gasteiger partial charge in [0.15, 0.2) is 5.76 Å². The third-order valence-electron chi connectivity index (χ3n) is 2.09. The smallest absolute Gasteiger partial charge is 0.415 e. The molecule has 0 atom stereocenters. The molecule has 1 amide bonds. The number of piperazine rings is 1. The molecule has 5 nitrogen and oxygen atoms in total. The molecule has 1 N–H and O–H groups in total. The van der Waals surface area contributed by atoms with Gasteiger partial charge in [-0.15, -0.1) is 0 Å². The Hall–Kier alpha value is -1.57. The van der Waals surface area contributed by atoms with E-state index in [1.807, 2.05) is 0 Å². The summed E-state index contributed by atoms with van der Waals surface area (Å²) >= 11 is 0. The third kappa shape index (κ3) is 3.74. The predicted octanol–water partition coefficient (Wildman–Crippen LogP) is 0.0374. The van der Waals surface area contributed by atoms with Crippen LogP contribution in [0.2, 0.25) is 0 Å². The summed E-state index contributed by atoms with van der Waals surface area (Å²) in [5.74, 6) is -4.05. The van der Waals surface area contributed by atoms with Gasteiger partial charge in [-0.2, -0.15) is 13.2 Å². The second-order valence-corrected chi connectivity index (χ2v) is 3.35. The van der Waals surface area contributed by atoms with Crippen molar-refractivity contribution in [1.29, 1.82) is 0 Å². The Morgan fingerprint density at radius 3 is 2.24 bits per heavy atom. The molecule has 17 heavy (non-hydrogen) atoms. The topological polar surface area (TPSA) is 58.6 Å². The Labute approximate surface area is 95.2 Å². The van der Waals surface area contributed by atoms with Crippen LogP contribution in [0.25, 0.3) is 0 Å². The summed E-state index contributed by atoms with van der Waals surface area (Å²) in [5.41, 5.74) is 0. The van der Waals surface area contributed by atoms with Crippen molar-refractivity contribution in [3.05, 3.63) is 12.3 Å². The molecule has 0 aromatic rings. The Kier molecular flexibility index (Phi) is 4.11. The first kappa shape index (κ1) is 13.5. The highest BCUT2D eigenvalue weighted by Crippen LogP contribution is 2.18. The molecule has 0 spiro atoms. The second-order valence-electron chi connectivity index (χ2n) is 3.35. The molecule has 0 unspecified atom stereocenters. The number of amides is 1. The number of hydrogen-bond donors (Lipinski definition) is 1. The van der Waals surface area contributed by atoms with E-state index in [9.17, 15) is 22.8 Å². The predicted molar refractivity (Wildman–Crippen MR) is 50.7 cm³/mol. The van der Waals surface area contributed by atoms with Gasteiger partial charge in [0.1, 0.15) is 0 Å². The van der Waals surface area contributed by atoms with E-state index in [1.54, 1.807) is 0 Å². The van der Waals surface area contributed by atoms with Crippen LogP contribution in [-0.2, 0) is 14.3 Å². The molecule has 1 fully saturated rings. The van der Waals surface area contributed by atoms with Crippen molar-refractivity contribution >= 4 is 11.9 Å². The Balaban J connectivity index is 2.52. The van der Waals surface area contributed by atoms with Gasteiger partial charge in [-0.1, -0.05) is 6.58 Å². The number of esters is 1. The van der Waals surface area contributed by atoms with E-state index in [2.05, 4.69) is 16.6 Å². The molecule has 0 aromatic carbocycles. The summed E-state index contributed by atoms with van der Waals surface area (Å²) in [6, 6.07) is 0. The Bertz CT molecular complexity index is 335. The summed E-state index contributed by atoms with van der Waals surface area (Å²) in [6.45, 7) is 4.77. The lowest BCUT2D eigenvalue weighted by Gasteiger charge is -2.27. The maximum absolute atomic E-state index is 11.9. The number of nitrogens with zero attached hydrogens (tertiary/aromatic N) is 1. The van der Waals surface area contributed by atoms with Crippen molar-refractivity contribution in [3.8, 4) is 0 Å². The van der Waals surface area contributed by atoms with Crippen LogP contribution in [0, 0.1) is 0 Å². The maximum Gasteiger partial charge on any atom is 0.491 e. The molecule has 1 aliphatic heterocycles. The first-order chi connectivity index (χ1) is 7.82. The SMILES string of the molecule is C=C(OC(=O)C(F)(F)F)C(=O)N1CCNCC1. The molecule has 1 rings (SSSR count). The van der Waals surface area contributed by atoms with Crippen LogP contribution in [0.4, 0.5) is 13.2 Å². The van der Waals surface area contributed by atoms with Gasteiger partial charge < -0.3 is 15.0 Å². The van der Waals surface area contributed by atoms with Gasteiger partial charge in [0, 0.05) is 26.2 Å². The van der Waals surface area contributed by atoms with Gasteiger partial charge in [0.2, 0.25) is 0 Å². The minimum Gasteiger partial charge on any atom is -0.415 e. The largest absolute Gasteiger partial charge is 0.491 e. The van der Waals surface area contributed by atoms with Crippen LogP contribution in [0.3, 0.4) is 0 Å². The first-order valence-electron chi connectivity index (χ1n) is 4.80. The van der Waals surface area contributed by atoms with Gasteiger partial charge >= 0.3 is 12.1 Å². The van der Waals surface area contributed by atoms with Gasteiger partial charge in [-0.3, -0.25) is 4.79 Å². The van der Waals surface area contributed by atoms with Crippen molar-refractivity contribution in [2.24, 2.45) is 0 Å². The molecule has 0 radical (unpaired) electrons. The molecule has 1 heterocycles. The lowest BCUT2D eigenvalue weighted by molar-refractivity contribution is -0.196. The van der Waals surface area contributed by atoms with Crippen molar-refractivity contribution < 1.29 is 27.5 Å². The fraction of sp³-hybridized carbons (Fsp3) is 0.556. The molecule has 0 aromatic heterocycles. The monoisotopic (exact) mass is 252 g/mol. The van der Waals surface area contributed by atoms with E-state index in [0.717, 1.165) is 0 Å². The zero-order valence-corrected chi connectivity index (χ0v) is 8.84. The van der Waals surface area contributed by atoms with Crippen molar-refractivity contribution in [2.75, 3.05) is 26.2 Å². The number of hydrogen-bond acceptors (Lipinski definition) is 4. The number of alkyl halides is 3. The molecular weight excluding hydrogens is 241 g/mol. The van der Waals surface area contributed by atoms with E-state index >= 15 is 0 Å². The van der Waals surface area contributed by atoms with E-state index in [-0.39, 0.29) is 0 Å². The third-order valence-corrected chi connectivity index (χ3v) is 2.09. The summed E-state index contributed by atoms with van der Waals surface area (Å²) in [6.07, 6.45) is -5.13. The van der Waals surface area contributed by atoms with Crippen LogP contribution >= 0.6 is 0 Å². The number of ether oxygens (including phenoxy) is 1. The van der Waals surface area contributed by atoms with Gasteiger partial charge in [0.05, 0.1) is 0 Å². The van der Waals surface area contributed by atoms with Crippen LogP contribution in [0.15, 0.2) is 12.3 Å². The van der Waals surface area contributed by atoms with Crippen LogP contribution < -0.4 is 5.32 Å². The molecule has 0 bridgehead atoms. The zero-order valence-electron chi connectivity index (χ0n) is 8.84.